The van der Waals surface area contributed by atoms with Crippen LogP contribution in [-0.2, 0) is 0 Å². The number of unbranched alkanes of at least 4 members (excludes halogenated alkanes) is 22. The summed E-state index contributed by atoms with van der Waals surface area (Å²) in [5, 5.41) is 0. The maximum Gasteiger partial charge on any atom is 0.0192 e. The molecule has 0 amide bonds. The van der Waals surface area contributed by atoms with Crippen LogP contribution in [0.1, 0.15) is 181 Å². The number of nitrogens with two attached hydrogens (primary N) is 2. The Balaban J connectivity index is 3.28. The van der Waals surface area contributed by atoms with E-state index in [2.05, 4.69) is 13.8 Å². The Morgan fingerprint density at radius 2 is 0.500 bits per heavy atom. The molecule has 0 fully saturated rings. The van der Waals surface area contributed by atoms with E-state index in [0.29, 0.717) is 0 Å². The second-order valence-electron chi connectivity index (χ2n) is 10.7. The third-order valence-electron chi connectivity index (χ3n) is 7.33. The highest BCUT2D eigenvalue weighted by atomic mass is 14.8. The van der Waals surface area contributed by atoms with Crippen LogP contribution in [0.25, 0.3) is 0 Å². The van der Waals surface area contributed by atoms with Crippen molar-refractivity contribution >= 4 is 0 Å². The Labute approximate surface area is 204 Å². The third-order valence-corrected chi connectivity index (χ3v) is 7.33. The average molecular weight is 453 g/mol. The molecule has 32 heavy (non-hydrogen) atoms. The monoisotopic (exact) mass is 453 g/mol. The lowest BCUT2D eigenvalue weighted by atomic mass is 9.96. The van der Waals surface area contributed by atoms with E-state index in [4.69, 9.17) is 11.5 Å². The first-order valence-electron chi connectivity index (χ1n) is 15.2. The molecule has 2 unspecified atom stereocenters. The second kappa shape index (κ2) is 27.2. The molecule has 0 radical (unpaired) electrons. The standard InChI is InChI=1S/C30H64N2/c1-3-5-7-9-11-13-15-17-19-21-23-25-27-29(31)30(32)28-26-24-22-20-18-16-14-12-10-8-6-4-2/h29-30H,3-28,31-32H2,1-2H3. The van der Waals surface area contributed by atoms with Crippen LogP contribution in [0.2, 0.25) is 0 Å². The summed E-state index contributed by atoms with van der Waals surface area (Å²) in [6.45, 7) is 4.58. The van der Waals surface area contributed by atoms with Crippen molar-refractivity contribution in [3.8, 4) is 0 Å². The van der Waals surface area contributed by atoms with E-state index >= 15 is 0 Å². The van der Waals surface area contributed by atoms with Gasteiger partial charge in [0.25, 0.3) is 0 Å². The first-order valence-corrected chi connectivity index (χ1v) is 15.2. The van der Waals surface area contributed by atoms with Gasteiger partial charge in [0.1, 0.15) is 0 Å². The quantitative estimate of drug-likeness (QED) is 0.122. The average Bonchev–Trinajstić information content (AvgIpc) is 2.80. The molecule has 0 aliphatic rings. The molecule has 0 rings (SSSR count). The number of hydrogen-bond donors (Lipinski definition) is 2. The van der Waals surface area contributed by atoms with Gasteiger partial charge in [0, 0.05) is 12.1 Å². The summed E-state index contributed by atoms with van der Waals surface area (Å²) in [4.78, 5) is 0. The smallest absolute Gasteiger partial charge is 0.0192 e. The van der Waals surface area contributed by atoms with Crippen molar-refractivity contribution in [2.75, 3.05) is 0 Å². The molecule has 0 saturated heterocycles. The topological polar surface area (TPSA) is 52.0 Å². The van der Waals surface area contributed by atoms with E-state index in [1.807, 2.05) is 0 Å². The van der Waals surface area contributed by atoms with E-state index in [0.717, 1.165) is 12.8 Å². The summed E-state index contributed by atoms with van der Waals surface area (Å²) >= 11 is 0. The zero-order valence-corrected chi connectivity index (χ0v) is 22.7. The minimum absolute atomic E-state index is 0.214. The molecular formula is C30H64N2. The fraction of sp³-hybridized carbons (Fsp3) is 1.00. The van der Waals surface area contributed by atoms with Crippen LogP contribution in [0, 0.1) is 0 Å². The van der Waals surface area contributed by atoms with Gasteiger partial charge < -0.3 is 11.5 Å². The van der Waals surface area contributed by atoms with Crippen molar-refractivity contribution in [1.29, 1.82) is 0 Å². The molecule has 0 aromatic carbocycles. The van der Waals surface area contributed by atoms with Crippen LogP contribution in [0.15, 0.2) is 0 Å². The van der Waals surface area contributed by atoms with Crippen LogP contribution >= 0.6 is 0 Å². The highest BCUT2D eigenvalue weighted by Crippen LogP contribution is 2.15. The molecular weight excluding hydrogens is 388 g/mol. The van der Waals surface area contributed by atoms with Gasteiger partial charge in [-0.3, -0.25) is 0 Å². The van der Waals surface area contributed by atoms with E-state index < -0.39 is 0 Å². The van der Waals surface area contributed by atoms with Gasteiger partial charge in [0.2, 0.25) is 0 Å². The minimum Gasteiger partial charge on any atom is -0.326 e. The Morgan fingerprint density at radius 1 is 0.312 bits per heavy atom. The predicted octanol–water partition coefficient (Wildman–Crippen LogP) is 9.82. The largest absolute Gasteiger partial charge is 0.326 e. The van der Waals surface area contributed by atoms with Gasteiger partial charge in [-0.2, -0.15) is 0 Å². The molecule has 0 aliphatic heterocycles. The maximum absolute atomic E-state index is 6.36. The molecule has 0 saturated carbocycles. The zero-order valence-electron chi connectivity index (χ0n) is 22.7. The molecule has 2 nitrogen and oxygen atoms in total. The molecule has 0 spiro atoms. The number of hydrogen-bond acceptors (Lipinski definition) is 2. The lowest BCUT2D eigenvalue weighted by Crippen LogP contribution is -2.41. The van der Waals surface area contributed by atoms with E-state index in [9.17, 15) is 0 Å². The van der Waals surface area contributed by atoms with Crippen molar-refractivity contribution in [3.63, 3.8) is 0 Å². The van der Waals surface area contributed by atoms with Gasteiger partial charge in [0.15, 0.2) is 0 Å². The molecule has 0 bridgehead atoms. The van der Waals surface area contributed by atoms with Gasteiger partial charge in [-0.15, -0.1) is 0 Å². The van der Waals surface area contributed by atoms with Gasteiger partial charge in [-0.05, 0) is 12.8 Å². The van der Waals surface area contributed by atoms with Crippen molar-refractivity contribution in [3.05, 3.63) is 0 Å². The van der Waals surface area contributed by atoms with Gasteiger partial charge in [-0.1, -0.05) is 168 Å². The molecule has 0 aliphatic carbocycles. The summed E-state index contributed by atoms with van der Waals surface area (Å²) in [6, 6.07) is 0.427. The summed E-state index contributed by atoms with van der Waals surface area (Å²) in [7, 11) is 0. The molecule has 2 atom stereocenters. The van der Waals surface area contributed by atoms with E-state index in [1.165, 1.54) is 154 Å². The maximum atomic E-state index is 6.36. The van der Waals surface area contributed by atoms with Crippen molar-refractivity contribution in [1.82, 2.24) is 0 Å². The van der Waals surface area contributed by atoms with Crippen LogP contribution in [0.5, 0.6) is 0 Å². The number of rotatable bonds is 27. The molecule has 0 aromatic rings. The lowest BCUT2D eigenvalue weighted by molar-refractivity contribution is 0.428. The van der Waals surface area contributed by atoms with E-state index in [1.54, 1.807) is 0 Å². The Morgan fingerprint density at radius 3 is 0.719 bits per heavy atom. The first kappa shape index (κ1) is 31.9. The highest BCUT2D eigenvalue weighted by Gasteiger charge is 2.12. The Hall–Kier alpha value is -0.0800. The minimum atomic E-state index is 0.214. The van der Waals surface area contributed by atoms with Crippen molar-refractivity contribution in [2.45, 2.75) is 193 Å². The summed E-state index contributed by atoms with van der Waals surface area (Å²) in [6.07, 6.45) is 35.9. The van der Waals surface area contributed by atoms with Gasteiger partial charge in [0.05, 0.1) is 0 Å². The lowest BCUT2D eigenvalue weighted by Gasteiger charge is -2.19. The van der Waals surface area contributed by atoms with Crippen LogP contribution < -0.4 is 11.5 Å². The summed E-state index contributed by atoms with van der Waals surface area (Å²) in [5.74, 6) is 0. The summed E-state index contributed by atoms with van der Waals surface area (Å²) < 4.78 is 0. The van der Waals surface area contributed by atoms with E-state index in [-0.39, 0.29) is 12.1 Å². The molecule has 0 heterocycles. The zero-order chi connectivity index (χ0) is 23.5. The summed E-state index contributed by atoms with van der Waals surface area (Å²) in [5.41, 5.74) is 12.7. The van der Waals surface area contributed by atoms with Crippen LogP contribution in [0.4, 0.5) is 0 Å². The van der Waals surface area contributed by atoms with Crippen molar-refractivity contribution < 1.29 is 0 Å². The Kier molecular flexibility index (Phi) is 27.1. The van der Waals surface area contributed by atoms with Crippen LogP contribution in [-0.4, -0.2) is 12.1 Å². The molecule has 194 valence electrons. The fourth-order valence-corrected chi connectivity index (χ4v) is 4.87. The fourth-order valence-electron chi connectivity index (χ4n) is 4.87. The third kappa shape index (κ3) is 24.6. The normalized spacial score (nSPS) is 13.5. The van der Waals surface area contributed by atoms with Gasteiger partial charge >= 0.3 is 0 Å². The molecule has 4 N–H and O–H groups in total. The molecule has 0 aromatic heterocycles. The Bertz CT molecular complexity index is 299. The highest BCUT2D eigenvalue weighted by molar-refractivity contribution is 4.75. The van der Waals surface area contributed by atoms with Crippen LogP contribution in [0.3, 0.4) is 0 Å². The second-order valence-corrected chi connectivity index (χ2v) is 10.7. The van der Waals surface area contributed by atoms with Gasteiger partial charge in [-0.25, -0.2) is 0 Å². The predicted molar refractivity (Wildman–Crippen MR) is 147 cm³/mol. The molecule has 2 heteroatoms. The SMILES string of the molecule is CCCCCCCCCCCCCCC(N)C(N)CCCCCCCCCCCCCC. The van der Waals surface area contributed by atoms with Crippen molar-refractivity contribution in [2.24, 2.45) is 11.5 Å². The first-order chi connectivity index (χ1) is 15.7.